The first-order chi connectivity index (χ1) is 55.3. The number of hydrogen-bond acceptors (Lipinski definition) is 24. The number of aromatic hydroxyl groups is 1. The molecule has 15 atom stereocenters. The molecule has 1 aliphatic heterocycles. The fraction of sp³-hybridized carbons (Fsp3) is 0.461. The van der Waals surface area contributed by atoms with Gasteiger partial charge in [-0.05, 0) is 113 Å². The Morgan fingerprint density at radius 2 is 0.888 bits per heavy atom. The van der Waals surface area contributed by atoms with Crippen molar-refractivity contribution in [1.29, 1.82) is 0 Å². The number of phenols is 1. The molecular formula is C76H104N18O20S2. The number of aliphatic hydroxyl groups excluding tert-OH is 3. The van der Waals surface area contributed by atoms with E-state index in [9.17, 15) is 83.1 Å². The molecule has 0 radical (unpaired) electrons. The van der Waals surface area contributed by atoms with E-state index >= 15 is 14.4 Å². The van der Waals surface area contributed by atoms with Crippen molar-refractivity contribution in [3.05, 3.63) is 138 Å². The van der Waals surface area contributed by atoms with Crippen molar-refractivity contribution in [1.82, 2.24) is 74.1 Å². The van der Waals surface area contributed by atoms with E-state index in [0.29, 0.717) is 34.0 Å². The molecule has 27 N–H and O–H groups in total. The van der Waals surface area contributed by atoms with Gasteiger partial charge in [-0.2, -0.15) is 0 Å². The summed E-state index contributed by atoms with van der Waals surface area (Å²) in [6.07, 6.45) is -3.78. The lowest BCUT2D eigenvalue weighted by molar-refractivity contribution is -0.142. The summed E-state index contributed by atoms with van der Waals surface area (Å²) in [4.78, 5) is 217. The summed E-state index contributed by atoms with van der Waals surface area (Å²) in [6, 6.07) is 6.37. The van der Waals surface area contributed by atoms with Crippen LogP contribution in [0.25, 0.3) is 10.9 Å². The van der Waals surface area contributed by atoms with Gasteiger partial charge in [0.2, 0.25) is 82.7 Å². The molecule has 1 aliphatic rings. The average molecular weight is 1650 g/mol. The van der Waals surface area contributed by atoms with Gasteiger partial charge < -0.3 is 123 Å². The largest absolute Gasteiger partial charge is 0.508 e. The predicted molar refractivity (Wildman–Crippen MR) is 427 cm³/mol. The highest BCUT2D eigenvalue weighted by Gasteiger charge is 2.40. The molecule has 0 bridgehead atoms. The SMILES string of the molecule is C[C@H](N)C(=O)NCC(=O)N[C@H]1CSSC[C@@H](C(=O)O)NC(=O)C(CO)NC(=O)[C@H]([C@@H](C)O)NC(=O)C(Cc2ccc(O)cc2)NC(=O)[C@H]([C@@H](C)O)NC(=O)C(CCCCN)NC(=O)C(Cc2c[nH]c3ccccc23)NC(=O)[C@H](Cc2ccccc2)NC(=O)C(Cc2ccccc2)NC(=O)[C@H](CC(N)=O)NC(=O)C(CCCCN)NC1=O. The summed E-state index contributed by atoms with van der Waals surface area (Å²) in [5.41, 5.74) is 25.4. The van der Waals surface area contributed by atoms with Gasteiger partial charge in [0.25, 0.3) is 0 Å². The van der Waals surface area contributed by atoms with Gasteiger partial charge in [-0.25, -0.2) is 4.79 Å². The number of para-hydroxylation sites is 1. The molecule has 0 saturated carbocycles. The number of unbranched alkanes of at least 4 members (excludes halogenated alkanes) is 2. The summed E-state index contributed by atoms with van der Waals surface area (Å²) in [7, 11) is 1.47. The summed E-state index contributed by atoms with van der Waals surface area (Å²) in [5.74, 6) is -18.2. The Balaban J connectivity index is 1.47. The minimum atomic E-state index is -2.03. The van der Waals surface area contributed by atoms with E-state index in [1.54, 1.807) is 91.1 Å². The number of primary amides is 1. The molecule has 38 nitrogen and oxygen atoms in total. The number of aliphatic hydroxyl groups is 3. The van der Waals surface area contributed by atoms with Crippen LogP contribution in [0.3, 0.4) is 0 Å². The van der Waals surface area contributed by atoms with Crippen molar-refractivity contribution in [2.24, 2.45) is 22.9 Å². The molecule has 6 rings (SSSR count). The smallest absolute Gasteiger partial charge is 0.327 e. The normalized spacial score (nSPS) is 23.6. The second kappa shape index (κ2) is 47.6. The first kappa shape index (κ1) is 93.6. The van der Waals surface area contributed by atoms with Crippen LogP contribution in [0.1, 0.15) is 88.0 Å². The highest BCUT2D eigenvalue weighted by molar-refractivity contribution is 8.76. The zero-order valence-corrected chi connectivity index (χ0v) is 65.8. The molecule has 1 aromatic heterocycles. The first-order valence-electron chi connectivity index (χ1n) is 37.5. The van der Waals surface area contributed by atoms with Gasteiger partial charge >= 0.3 is 5.97 Å². The van der Waals surface area contributed by atoms with E-state index in [1.807, 2.05) is 0 Å². The average Bonchev–Trinajstić information content (AvgIpc) is 1.51. The highest BCUT2D eigenvalue weighted by Crippen LogP contribution is 2.25. The number of H-pyrrole nitrogens is 1. The Kier molecular flexibility index (Phi) is 38.4. The minimum Gasteiger partial charge on any atom is -0.508 e. The summed E-state index contributed by atoms with van der Waals surface area (Å²) in [5, 5.41) is 86.0. The van der Waals surface area contributed by atoms with Gasteiger partial charge in [0.15, 0.2) is 0 Å². The predicted octanol–water partition coefficient (Wildman–Crippen LogP) is -5.21. The lowest BCUT2D eigenvalue weighted by Gasteiger charge is -2.29. The molecule has 4 aromatic carbocycles. The summed E-state index contributed by atoms with van der Waals surface area (Å²) in [6.45, 7) is 1.77. The molecule has 14 amide bonds. The van der Waals surface area contributed by atoms with Crippen LogP contribution in [0.15, 0.2) is 115 Å². The third kappa shape index (κ3) is 30.5. The molecule has 116 heavy (non-hydrogen) atoms. The molecule has 1 fully saturated rings. The number of carbonyl (C=O) groups excluding carboxylic acids is 14. The van der Waals surface area contributed by atoms with Gasteiger partial charge in [0.05, 0.1) is 37.8 Å². The van der Waals surface area contributed by atoms with Gasteiger partial charge in [0, 0.05) is 54.3 Å². The van der Waals surface area contributed by atoms with E-state index in [1.165, 1.54) is 31.2 Å². The van der Waals surface area contributed by atoms with E-state index in [0.717, 1.165) is 35.4 Å². The van der Waals surface area contributed by atoms with Crippen LogP contribution in [-0.2, 0) is 97.6 Å². The van der Waals surface area contributed by atoms with E-state index in [2.05, 4.69) is 74.1 Å². The van der Waals surface area contributed by atoms with Crippen molar-refractivity contribution in [3.63, 3.8) is 0 Å². The standard InChI is InChI=1S/C76H104N18O20S2/c1-40(79)64(101)82-36-61(100)83-58-38-115-116-39-59(76(113)114)92-72(109)57(37-95)91-75(112)63(42(3)97)94-71(108)54(32-45-24-26-47(98)27-25-45)90-74(111)62(41(2)96)93-66(103)51(23-13-15-29-78)84-69(106)55(33-46-35-81-49-21-11-10-20-48(46)49)88-68(105)53(31-44-18-8-5-9-19-44)86-67(104)52(30-43-16-6-4-7-17-43)87-70(107)56(34-60(80)99)89-65(102)50(85-73(58)110)22-12-14-28-77/h4-11,16-21,24-27,35,40-42,50-59,62-63,81,95-98H,12-15,22-23,28-34,36-39,77-79H2,1-3H3,(H2,80,99)(H,82,101)(H,83,100)(H,84,106)(H,85,110)(H,86,104)(H,87,107)(H,88,105)(H,89,102)(H,90,111)(H,91,112)(H,92,109)(H,93,103)(H,94,108)(H,113,114)/t40-,41+,42+,50?,51?,52?,53-,54?,55?,56-,57?,58-,59-,62-,63-/m0/s1. The Labute approximate surface area is 675 Å². The van der Waals surface area contributed by atoms with Crippen molar-refractivity contribution in [2.75, 3.05) is 37.7 Å². The molecule has 5 aromatic rings. The molecule has 630 valence electrons. The molecule has 6 unspecified atom stereocenters. The summed E-state index contributed by atoms with van der Waals surface area (Å²) >= 11 is 0. The van der Waals surface area contributed by atoms with Gasteiger partial charge in [-0.15, -0.1) is 0 Å². The second-order valence-electron chi connectivity index (χ2n) is 27.8. The van der Waals surface area contributed by atoms with Gasteiger partial charge in [-0.1, -0.05) is 113 Å². The van der Waals surface area contributed by atoms with E-state index in [4.69, 9.17) is 22.9 Å². The van der Waals surface area contributed by atoms with Crippen molar-refractivity contribution >= 4 is 121 Å². The number of amides is 14. The van der Waals surface area contributed by atoms with Crippen molar-refractivity contribution in [3.8, 4) is 5.75 Å². The monoisotopic (exact) mass is 1650 g/mol. The fourth-order valence-electron chi connectivity index (χ4n) is 12.0. The number of rotatable bonds is 26. The van der Waals surface area contributed by atoms with Crippen LogP contribution in [0.5, 0.6) is 5.75 Å². The Hall–Kier alpha value is -11.3. The number of carbonyl (C=O) groups is 15. The number of aromatic nitrogens is 1. The fourth-order valence-corrected chi connectivity index (χ4v) is 14.3. The van der Waals surface area contributed by atoms with E-state index in [-0.39, 0.29) is 75.8 Å². The quantitative estimate of drug-likeness (QED) is 0.0182. The number of aromatic amines is 1. The molecule has 40 heteroatoms. The van der Waals surface area contributed by atoms with Crippen LogP contribution < -0.4 is 92.1 Å². The topological polar surface area (TPSA) is 633 Å². The minimum absolute atomic E-state index is 0.0986. The molecule has 0 aliphatic carbocycles. The number of carboxylic acids is 1. The molecular weight excluding hydrogens is 1550 g/mol. The third-order valence-electron chi connectivity index (χ3n) is 18.4. The zero-order chi connectivity index (χ0) is 85.1. The van der Waals surface area contributed by atoms with Gasteiger partial charge in [-0.3, -0.25) is 67.1 Å². The number of fused-ring (bicyclic) bond motifs is 1. The number of benzene rings is 4. The number of aliphatic carboxylic acids is 1. The number of nitrogens with two attached hydrogens (primary N) is 4. The summed E-state index contributed by atoms with van der Waals surface area (Å²) < 4.78 is 0. The third-order valence-corrected chi connectivity index (χ3v) is 20.8. The Morgan fingerprint density at radius 1 is 0.483 bits per heavy atom. The van der Waals surface area contributed by atoms with Crippen molar-refractivity contribution in [2.45, 2.75) is 182 Å². The van der Waals surface area contributed by atoms with Crippen LogP contribution >= 0.6 is 21.6 Å². The maximum Gasteiger partial charge on any atom is 0.327 e. The van der Waals surface area contributed by atoms with Crippen LogP contribution in [0.2, 0.25) is 0 Å². The lowest BCUT2D eigenvalue weighted by atomic mass is 10.00. The Bertz CT molecular complexity index is 4180. The molecule has 0 spiro atoms. The first-order valence-corrected chi connectivity index (χ1v) is 40.0. The molecule has 1 saturated heterocycles. The zero-order valence-electron chi connectivity index (χ0n) is 64.1. The number of carboxylic acid groups (broad SMARTS) is 1. The second-order valence-corrected chi connectivity index (χ2v) is 30.3. The van der Waals surface area contributed by atoms with Crippen molar-refractivity contribution < 1.29 is 97.5 Å². The lowest BCUT2D eigenvalue weighted by Crippen LogP contribution is -2.63. The number of nitrogens with one attached hydrogen (secondary N) is 14. The number of phenolic OH excluding ortho intramolecular Hbond substituents is 1. The maximum atomic E-state index is 15.4. The highest BCUT2D eigenvalue weighted by atomic mass is 33.1. The van der Waals surface area contributed by atoms with Crippen LogP contribution in [-0.4, -0.2) is 248 Å². The van der Waals surface area contributed by atoms with Gasteiger partial charge in [0.1, 0.15) is 78.3 Å². The number of hydrogen-bond donors (Lipinski definition) is 23. The Morgan fingerprint density at radius 3 is 1.37 bits per heavy atom. The van der Waals surface area contributed by atoms with Crippen LogP contribution in [0, 0.1) is 0 Å². The maximum absolute atomic E-state index is 15.4. The molecule has 2 heterocycles. The van der Waals surface area contributed by atoms with E-state index < -0.39 is 217 Å². The van der Waals surface area contributed by atoms with Crippen LogP contribution in [0.4, 0.5) is 0 Å².